The molecule has 0 spiro atoms. The summed E-state index contributed by atoms with van der Waals surface area (Å²) in [5.74, 6) is 0.0634. The molecule has 1 fully saturated rings. The lowest BCUT2D eigenvalue weighted by Gasteiger charge is -2.04. The van der Waals surface area contributed by atoms with Crippen LogP contribution < -0.4 is 5.32 Å². The molecule has 1 rings (SSSR count). The van der Waals surface area contributed by atoms with Crippen molar-refractivity contribution in [3.8, 4) is 0 Å². The van der Waals surface area contributed by atoms with Gasteiger partial charge in [0.25, 0.3) is 0 Å². The van der Waals surface area contributed by atoms with Crippen molar-refractivity contribution in [2.24, 2.45) is 0 Å². The number of hydrogen-bond acceptors (Lipinski definition) is 1. The maximum atomic E-state index is 11.6. The van der Waals surface area contributed by atoms with E-state index in [4.69, 9.17) is 0 Å². The van der Waals surface area contributed by atoms with Gasteiger partial charge in [0.15, 0.2) is 0 Å². The smallest absolute Gasteiger partial charge is 0.220 e. The third-order valence-corrected chi connectivity index (χ3v) is 1.54. The number of halogens is 1. The molecule has 1 saturated heterocycles. The molecule has 3 heteroatoms. The van der Waals surface area contributed by atoms with Gasteiger partial charge in [0.1, 0.15) is 0 Å². The lowest BCUT2D eigenvalue weighted by molar-refractivity contribution is -0.119. The molecule has 0 aliphatic carbocycles. The Labute approximate surface area is 53.4 Å². The largest absolute Gasteiger partial charge is 0.353 e. The van der Waals surface area contributed by atoms with E-state index in [1.165, 1.54) is 0 Å². The molecular weight excluding hydrogens is 121 g/mol. The van der Waals surface area contributed by atoms with Gasteiger partial charge in [0, 0.05) is 12.5 Å². The number of alkyl halides is 1. The van der Waals surface area contributed by atoms with Crippen LogP contribution in [-0.2, 0) is 4.79 Å². The van der Waals surface area contributed by atoms with Crippen LogP contribution in [0, 0.1) is 0 Å². The summed E-state index contributed by atoms with van der Waals surface area (Å²) in [7, 11) is 0. The molecule has 1 aliphatic heterocycles. The van der Waals surface area contributed by atoms with Crippen LogP contribution in [0.1, 0.15) is 19.3 Å². The quantitative estimate of drug-likeness (QED) is 0.585. The fourth-order valence-corrected chi connectivity index (χ4v) is 1.03. The van der Waals surface area contributed by atoms with Gasteiger partial charge in [-0.05, 0) is 12.8 Å². The monoisotopic (exact) mass is 131 g/mol. The summed E-state index contributed by atoms with van der Waals surface area (Å²) in [5, 5.41) is 2.68. The zero-order valence-corrected chi connectivity index (χ0v) is 5.19. The van der Waals surface area contributed by atoms with Crippen LogP contribution in [0.5, 0.6) is 0 Å². The second kappa shape index (κ2) is 2.80. The second-order valence-corrected chi connectivity index (χ2v) is 2.28. The first-order valence-electron chi connectivity index (χ1n) is 3.18. The number of rotatable bonds is 2. The molecule has 1 N–H and O–H groups in total. The maximum absolute atomic E-state index is 11.6. The van der Waals surface area contributed by atoms with Gasteiger partial charge in [-0.15, -0.1) is 0 Å². The number of carbonyl (C=O) groups excluding carboxylic acids is 1. The minimum atomic E-state index is -0.328. The molecule has 0 saturated carbocycles. The summed E-state index contributed by atoms with van der Waals surface area (Å²) >= 11 is 0. The highest BCUT2D eigenvalue weighted by molar-refractivity contribution is 5.78. The van der Waals surface area contributed by atoms with Gasteiger partial charge in [-0.2, -0.15) is 0 Å². The minimum absolute atomic E-state index is 0.0634. The van der Waals surface area contributed by atoms with Crippen molar-refractivity contribution in [2.45, 2.75) is 25.3 Å². The van der Waals surface area contributed by atoms with E-state index in [9.17, 15) is 9.18 Å². The minimum Gasteiger partial charge on any atom is -0.353 e. The Hall–Kier alpha value is -0.600. The van der Waals surface area contributed by atoms with Gasteiger partial charge in [0.2, 0.25) is 5.91 Å². The number of nitrogens with one attached hydrogen (secondary N) is 1. The van der Waals surface area contributed by atoms with E-state index in [-0.39, 0.29) is 18.6 Å². The average Bonchev–Trinajstić information content (AvgIpc) is 2.17. The van der Waals surface area contributed by atoms with Crippen LogP contribution >= 0.6 is 0 Å². The molecule has 52 valence electrons. The van der Waals surface area contributed by atoms with E-state index < -0.39 is 0 Å². The summed E-state index contributed by atoms with van der Waals surface area (Å²) in [5.41, 5.74) is 0. The molecule has 2 nitrogen and oxygen atoms in total. The van der Waals surface area contributed by atoms with E-state index in [0.717, 1.165) is 6.42 Å². The highest BCUT2D eigenvalue weighted by atomic mass is 19.1. The zero-order chi connectivity index (χ0) is 6.69. The Bertz CT molecular complexity index is 116. The lowest BCUT2D eigenvalue weighted by atomic mass is 10.2. The number of hydrogen-bond donors (Lipinski definition) is 1. The SMILES string of the molecule is O=C1CCC(CCF)N1. The first-order valence-corrected chi connectivity index (χ1v) is 3.18. The van der Waals surface area contributed by atoms with Crippen LogP contribution in [-0.4, -0.2) is 18.6 Å². The van der Waals surface area contributed by atoms with E-state index in [2.05, 4.69) is 5.32 Å². The molecule has 0 aromatic carbocycles. The predicted octanol–water partition coefficient (Wildman–Crippen LogP) is 0.625. The second-order valence-electron chi connectivity index (χ2n) is 2.28. The molecule has 1 aliphatic rings. The topological polar surface area (TPSA) is 29.1 Å². The Morgan fingerprint density at radius 1 is 1.78 bits per heavy atom. The van der Waals surface area contributed by atoms with Crippen LogP contribution in [0.3, 0.4) is 0 Å². The average molecular weight is 131 g/mol. The molecule has 0 bridgehead atoms. The Balaban J connectivity index is 2.22. The highest BCUT2D eigenvalue weighted by Gasteiger charge is 2.19. The lowest BCUT2D eigenvalue weighted by Crippen LogP contribution is -2.25. The summed E-state index contributed by atoms with van der Waals surface area (Å²) in [6.45, 7) is -0.328. The fourth-order valence-electron chi connectivity index (χ4n) is 1.03. The zero-order valence-electron chi connectivity index (χ0n) is 5.19. The van der Waals surface area contributed by atoms with Crippen molar-refractivity contribution in [1.29, 1.82) is 0 Å². The Kier molecular flexibility index (Phi) is 2.03. The van der Waals surface area contributed by atoms with Crippen molar-refractivity contribution in [3.05, 3.63) is 0 Å². The molecule has 1 heterocycles. The van der Waals surface area contributed by atoms with Crippen LogP contribution in [0.25, 0.3) is 0 Å². The van der Waals surface area contributed by atoms with Gasteiger partial charge in [-0.3, -0.25) is 9.18 Å². The summed E-state index contributed by atoms with van der Waals surface area (Å²) in [4.78, 5) is 10.5. The first kappa shape index (κ1) is 6.52. The summed E-state index contributed by atoms with van der Waals surface area (Å²) < 4.78 is 11.6. The standard InChI is InChI=1S/C6H10FNO/c7-4-3-5-1-2-6(9)8-5/h5H,1-4H2,(H,8,9). The van der Waals surface area contributed by atoms with Crippen molar-refractivity contribution < 1.29 is 9.18 Å². The molecule has 1 unspecified atom stereocenters. The van der Waals surface area contributed by atoms with Gasteiger partial charge >= 0.3 is 0 Å². The first-order chi connectivity index (χ1) is 4.33. The van der Waals surface area contributed by atoms with Gasteiger partial charge < -0.3 is 5.32 Å². The van der Waals surface area contributed by atoms with Gasteiger partial charge in [-0.1, -0.05) is 0 Å². The van der Waals surface area contributed by atoms with Crippen LogP contribution in [0.15, 0.2) is 0 Å². The predicted molar refractivity (Wildman–Crippen MR) is 31.8 cm³/mol. The van der Waals surface area contributed by atoms with Gasteiger partial charge in [0.05, 0.1) is 6.67 Å². The number of amides is 1. The van der Waals surface area contributed by atoms with Gasteiger partial charge in [-0.25, -0.2) is 0 Å². The van der Waals surface area contributed by atoms with E-state index >= 15 is 0 Å². The van der Waals surface area contributed by atoms with Crippen molar-refractivity contribution >= 4 is 5.91 Å². The van der Waals surface area contributed by atoms with Crippen LogP contribution in [0.4, 0.5) is 4.39 Å². The molecule has 9 heavy (non-hydrogen) atoms. The summed E-state index contributed by atoms with van der Waals surface area (Å²) in [6.07, 6.45) is 1.86. The normalized spacial score (nSPS) is 26.3. The third kappa shape index (κ3) is 1.66. The molecule has 1 amide bonds. The van der Waals surface area contributed by atoms with Crippen molar-refractivity contribution in [2.75, 3.05) is 6.67 Å². The molecule has 0 aromatic rings. The van der Waals surface area contributed by atoms with Crippen molar-refractivity contribution in [3.63, 3.8) is 0 Å². The fraction of sp³-hybridized carbons (Fsp3) is 0.833. The highest BCUT2D eigenvalue weighted by Crippen LogP contribution is 2.09. The van der Waals surface area contributed by atoms with E-state index in [1.807, 2.05) is 0 Å². The summed E-state index contributed by atoms with van der Waals surface area (Å²) in [6, 6.07) is 0.113. The Morgan fingerprint density at radius 3 is 3.00 bits per heavy atom. The number of carbonyl (C=O) groups is 1. The van der Waals surface area contributed by atoms with Crippen molar-refractivity contribution in [1.82, 2.24) is 5.32 Å². The Morgan fingerprint density at radius 2 is 2.56 bits per heavy atom. The molecule has 0 aromatic heterocycles. The maximum Gasteiger partial charge on any atom is 0.220 e. The molecule has 0 radical (unpaired) electrons. The van der Waals surface area contributed by atoms with E-state index in [1.54, 1.807) is 0 Å². The molecular formula is C6H10FNO. The third-order valence-electron chi connectivity index (χ3n) is 1.54. The van der Waals surface area contributed by atoms with Crippen LogP contribution in [0.2, 0.25) is 0 Å². The molecule has 1 atom stereocenters. The van der Waals surface area contributed by atoms with E-state index in [0.29, 0.717) is 12.8 Å².